The summed E-state index contributed by atoms with van der Waals surface area (Å²) in [4.78, 5) is 4.50. The van der Waals surface area contributed by atoms with Crippen LogP contribution in [0, 0.1) is 6.92 Å². The van der Waals surface area contributed by atoms with Crippen molar-refractivity contribution in [2.45, 2.75) is 19.4 Å². The van der Waals surface area contributed by atoms with Gasteiger partial charge in [0.2, 0.25) is 0 Å². The first-order chi connectivity index (χ1) is 9.65. The quantitative estimate of drug-likeness (QED) is 0.905. The SMILES string of the molecule is CNC(Cc1ccc(OC)c(Br)c1)c1ncccc1C. The van der Waals surface area contributed by atoms with Crippen molar-refractivity contribution in [2.24, 2.45) is 0 Å². The maximum absolute atomic E-state index is 5.26. The Hall–Kier alpha value is -1.39. The molecular formula is C16H19BrN2O. The molecule has 0 amide bonds. The van der Waals surface area contributed by atoms with E-state index in [0.29, 0.717) is 0 Å². The van der Waals surface area contributed by atoms with Gasteiger partial charge < -0.3 is 10.1 Å². The van der Waals surface area contributed by atoms with Crippen molar-refractivity contribution in [1.29, 1.82) is 0 Å². The van der Waals surface area contributed by atoms with Gasteiger partial charge in [-0.3, -0.25) is 4.98 Å². The fourth-order valence-electron chi connectivity index (χ4n) is 2.27. The molecule has 106 valence electrons. The van der Waals surface area contributed by atoms with Crippen LogP contribution in [0.1, 0.15) is 22.9 Å². The molecule has 2 aromatic rings. The van der Waals surface area contributed by atoms with Gasteiger partial charge in [0, 0.05) is 6.20 Å². The first kappa shape index (κ1) is 15.0. The maximum Gasteiger partial charge on any atom is 0.133 e. The number of hydrogen-bond acceptors (Lipinski definition) is 3. The number of nitrogens with zero attached hydrogens (tertiary/aromatic N) is 1. The van der Waals surface area contributed by atoms with Crippen LogP contribution in [0.3, 0.4) is 0 Å². The van der Waals surface area contributed by atoms with Crippen molar-refractivity contribution in [1.82, 2.24) is 10.3 Å². The van der Waals surface area contributed by atoms with Crippen LogP contribution in [0.25, 0.3) is 0 Å². The number of pyridine rings is 1. The summed E-state index contributed by atoms with van der Waals surface area (Å²) in [6, 6.07) is 10.4. The van der Waals surface area contributed by atoms with Gasteiger partial charge in [0.05, 0.1) is 23.3 Å². The van der Waals surface area contributed by atoms with E-state index in [9.17, 15) is 0 Å². The van der Waals surface area contributed by atoms with E-state index < -0.39 is 0 Å². The molecule has 0 spiro atoms. The number of benzene rings is 1. The molecule has 0 radical (unpaired) electrons. The van der Waals surface area contributed by atoms with Crippen molar-refractivity contribution in [3.63, 3.8) is 0 Å². The van der Waals surface area contributed by atoms with Crippen LogP contribution in [0.2, 0.25) is 0 Å². The van der Waals surface area contributed by atoms with Crippen LogP contribution in [-0.2, 0) is 6.42 Å². The van der Waals surface area contributed by atoms with Crippen molar-refractivity contribution in [2.75, 3.05) is 14.2 Å². The van der Waals surface area contributed by atoms with Crippen LogP contribution in [0.15, 0.2) is 41.0 Å². The summed E-state index contributed by atoms with van der Waals surface area (Å²) in [6.45, 7) is 2.09. The Morgan fingerprint density at radius 3 is 2.75 bits per heavy atom. The number of methoxy groups -OCH3 is 1. The minimum atomic E-state index is 0.205. The highest BCUT2D eigenvalue weighted by Gasteiger charge is 2.14. The van der Waals surface area contributed by atoms with Crippen molar-refractivity contribution < 1.29 is 4.74 Å². The topological polar surface area (TPSA) is 34.1 Å². The highest BCUT2D eigenvalue weighted by Crippen LogP contribution is 2.28. The van der Waals surface area contributed by atoms with Gasteiger partial charge in [-0.15, -0.1) is 0 Å². The van der Waals surface area contributed by atoms with E-state index in [4.69, 9.17) is 4.74 Å². The van der Waals surface area contributed by atoms with E-state index in [1.165, 1.54) is 11.1 Å². The second-order valence-corrected chi connectivity index (χ2v) is 5.57. The molecule has 1 heterocycles. The minimum absolute atomic E-state index is 0.205. The number of likely N-dealkylation sites (N-methyl/N-ethyl adjacent to an activating group) is 1. The Labute approximate surface area is 128 Å². The third-order valence-electron chi connectivity index (χ3n) is 3.38. The van der Waals surface area contributed by atoms with Gasteiger partial charge >= 0.3 is 0 Å². The Balaban J connectivity index is 2.23. The number of aromatic nitrogens is 1. The van der Waals surface area contributed by atoms with Gasteiger partial charge in [0.15, 0.2) is 0 Å². The smallest absolute Gasteiger partial charge is 0.133 e. The van der Waals surface area contributed by atoms with Crippen molar-refractivity contribution in [3.8, 4) is 5.75 Å². The van der Waals surface area contributed by atoms with E-state index in [1.54, 1.807) is 7.11 Å². The fraction of sp³-hybridized carbons (Fsp3) is 0.312. The van der Waals surface area contributed by atoms with Gasteiger partial charge in [-0.1, -0.05) is 12.1 Å². The number of ether oxygens (including phenoxy) is 1. The summed E-state index contributed by atoms with van der Waals surface area (Å²) >= 11 is 3.53. The molecule has 2 rings (SSSR count). The van der Waals surface area contributed by atoms with Gasteiger partial charge in [0.25, 0.3) is 0 Å². The van der Waals surface area contributed by atoms with E-state index in [2.05, 4.69) is 51.4 Å². The summed E-state index contributed by atoms with van der Waals surface area (Å²) in [7, 11) is 3.64. The summed E-state index contributed by atoms with van der Waals surface area (Å²) in [5.41, 5.74) is 3.54. The molecule has 1 N–H and O–H groups in total. The molecule has 20 heavy (non-hydrogen) atoms. The first-order valence-corrected chi connectivity index (χ1v) is 7.36. The van der Waals surface area contributed by atoms with Gasteiger partial charge in [-0.05, 0) is 65.6 Å². The van der Waals surface area contributed by atoms with Crippen LogP contribution < -0.4 is 10.1 Å². The lowest BCUT2D eigenvalue weighted by molar-refractivity contribution is 0.412. The third-order valence-corrected chi connectivity index (χ3v) is 4.00. The average molecular weight is 335 g/mol. The zero-order valence-electron chi connectivity index (χ0n) is 12.0. The Kier molecular flexibility index (Phi) is 5.15. The second kappa shape index (κ2) is 6.86. The van der Waals surface area contributed by atoms with E-state index in [1.807, 2.05) is 25.4 Å². The molecule has 1 aromatic carbocycles. The normalized spacial score (nSPS) is 12.2. The molecule has 0 aliphatic heterocycles. The Morgan fingerprint density at radius 1 is 1.35 bits per heavy atom. The van der Waals surface area contributed by atoms with E-state index in [0.717, 1.165) is 22.3 Å². The molecule has 1 aromatic heterocycles. The second-order valence-electron chi connectivity index (χ2n) is 4.72. The van der Waals surface area contributed by atoms with Crippen LogP contribution in [-0.4, -0.2) is 19.1 Å². The molecule has 0 saturated heterocycles. The number of aryl methyl sites for hydroxylation is 1. The monoisotopic (exact) mass is 334 g/mol. The average Bonchev–Trinajstić information content (AvgIpc) is 2.46. The highest BCUT2D eigenvalue weighted by atomic mass is 79.9. The molecule has 1 unspecified atom stereocenters. The van der Waals surface area contributed by atoms with Gasteiger partial charge in [-0.2, -0.15) is 0 Å². The number of nitrogens with one attached hydrogen (secondary N) is 1. The van der Waals surface area contributed by atoms with Crippen LogP contribution in [0.5, 0.6) is 5.75 Å². The summed E-state index contributed by atoms with van der Waals surface area (Å²) in [6.07, 6.45) is 2.73. The lowest BCUT2D eigenvalue weighted by Crippen LogP contribution is -2.21. The summed E-state index contributed by atoms with van der Waals surface area (Å²) in [5, 5.41) is 3.35. The Bertz CT molecular complexity index is 586. The standard InChI is InChI=1S/C16H19BrN2O/c1-11-5-4-8-19-16(11)14(18-2)10-12-6-7-15(20-3)13(17)9-12/h4-9,14,18H,10H2,1-3H3. The third kappa shape index (κ3) is 3.38. The molecular weight excluding hydrogens is 316 g/mol. The van der Waals surface area contributed by atoms with Gasteiger partial charge in [-0.25, -0.2) is 0 Å². The molecule has 0 bridgehead atoms. The largest absolute Gasteiger partial charge is 0.496 e. The van der Waals surface area contributed by atoms with Gasteiger partial charge in [0.1, 0.15) is 5.75 Å². The van der Waals surface area contributed by atoms with E-state index in [-0.39, 0.29) is 6.04 Å². The zero-order chi connectivity index (χ0) is 14.5. The molecule has 0 fully saturated rings. The molecule has 3 nitrogen and oxygen atoms in total. The highest BCUT2D eigenvalue weighted by molar-refractivity contribution is 9.10. The first-order valence-electron chi connectivity index (χ1n) is 6.57. The van der Waals surface area contributed by atoms with Crippen molar-refractivity contribution in [3.05, 3.63) is 57.8 Å². The number of halogens is 1. The fourth-order valence-corrected chi connectivity index (χ4v) is 2.86. The predicted molar refractivity (Wildman–Crippen MR) is 85.2 cm³/mol. The number of hydrogen-bond donors (Lipinski definition) is 1. The Morgan fingerprint density at radius 2 is 2.15 bits per heavy atom. The summed E-state index contributed by atoms with van der Waals surface area (Å²) < 4.78 is 6.24. The lowest BCUT2D eigenvalue weighted by atomic mass is 10.00. The zero-order valence-corrected chi connectivity index (χ0v) is 13.6. The predicted octanol–water partition coefficient (Wildman–Crippen LogP) is 3.66. The lowest BCUT2D eigenvalue weighted by Gasteiger charge is -2.18. The molecule has 0 aliphatic carbocycles. The molecule has 0 aliphatic rings. The molecule has 0 saturated carbocycles. The summed E-state index contributed by atoms with van der Waals surface area (Å²) in [5.74, 6) is 0.851. The minimum Gasteiger partial charge on any atom is -0.496 e. The molecule has 1 atom stereocenters. The number of rotatable bonds is 5. The maximum atomic E-state index is 5.26. The van der Waals surface area contributed by atoms with Crippen LogP contribution >= 0.6 is 15.9 Å². The van der Waals surface area contributed by atoms with Crippen LogP contribution in [0.4, 0.5) is 0 Å². The molecule has 4 heteroatoms. The van der Waals surface area contributed by atoms with E-state index >= 15 is 0 Å². The van der Waals surface area contributed by atoms with Crippen molar-refractivity contribution >= 4 is 15.9 Å².